The third-order valence-corrected chi connectivity index (χ3v) is 10.8. The molecule has 0 aliphatic carbocycles. The first-order chi connectivity index (χ1) is 27.2. The first kappa shape index (κ1) is 32.5. The SMILES string of the molecule is Cc1ccc(N(c2cccc(-c3ccc(-c4ccc5c6ccccc6n(-c6cccc(-c7ccccc7)c6)c5c4)cc3)c2)c2cccc3ccccc23)cc1. The lowest BCUT2D eigenvalue weighted by molar-refractivity contribution is 1.18. The molecule has 0 fully saturated rings. The molecule has 2 heteroatoms. The third kappa shape index (κ3) is 5.95. The summed E-state index contributed by atoms with van der Waals surface area (Å²) in [5.74, 6) is 0. The van der Waals surface area contributed by atoms with Crippen LogP contribution in [0.3, 0.4) is 0 Å². The van der Waals surface area contributed by atoms with E-state index in [0.29, 0.717) is 0 Å². The fourth-order valence-electron chi connectivity index (χ4n) is 8.09. The van der Waals surface area contributed by atoms with Crippen molar-refractivity contribution < 1.29 is 0 Å². The number of aryl methyl sites for hydroxylation is 1. The molecule has 0 aliphatic rings. The zero-order valence-electron chi connectivity index (χ0n) is 30.6. The zero-order valence-corrected chi connectivity index (χ0v) is 30.6. The van der Waals surface area contributed by atoms with Crippen LogP contribution >= 0.6 is 0 Å². The van der Waals surface area contributed by atoms with Crippen molar-refractivity contribution in [3.05, 3.63) is 218 Å². The van der Waals surface area contributed by atoms with Crippen LogP contribution in [0, 0.1) is 6.92 Å². The topological polar surface area (TPSA) is 8.17 Å². The predicted molar refractivity (Wildman–Crippen MR) is 234 cm³/mol. The summed E-state index contributed by atoms with van der Waals surface area (Å²) in [6, 6.07) is 77.1. The molecule has 2 nitrogen and oxygen atoms in total. The average Bonchev–Trinajstić information content (AvgIpc) is 3.59. The van der Waals surface area contributed by atoms with Crippen molar-refractivity contribution in [2.45, 2.75) is 6.92 Å². The molecule has 0 N–H and O–H groups in total. The highest BCUT2D eigenvalue weighted by Gasteiger charge is 2.17. The number of para-hydroxylation sites is 1. The lowest BCUT2D eigenvalue weighted by Gasteiger charge is -2.27. The van der Waals surface area contributed by atoms with Crippen LogP contribution in [0.15, 0.2) is 212 Å². The van der Waals surface area contributed by atoms with Crippen molar-refractivity contribution in [2.24, 2.45) is 0 Å². The van der Waals surface area contributed by atoms with Gasteiger partial charge in [-0.2, -0.15) is 0 Å². The number of benzene rings is 9. The van der Waals surface area contributed by atoms with E-state index in [2.05, 4.69) is 229 Å². The highest BCUT2D eigenvalue weighted by atomic mass is 15.1. The summed E-state index contributed by atoms with van der Waals surface area (Å²) in [7, 11) is 0. The Kier molecular flexibility index (Phi) is 8.08. The van der Waals surface area contributed by atoms with Crippen LogP contribution in [0.4, 0.5) is 17.1 Å². The molecule has 0 atom stereocenters. The van der Waals surface area contributed by atoms with Gasteiger partial charge in [0.2, 0.25) is 0 Å². The molecule has 0 unspecified atom stereocenters. The maximum Gasteiger partial charge on any atom is 0.0547 e. The maximum atomic E-state index is 2.41. The van der Waals surface area contributed by atoms with Gasteiger partial charge < -0.3 is 9.47 Å². The van der Waals surface area contributed by atoms with Gasteiger partial charge in [-0.25, -0.2) is 0 Å². The summed E-state index contributed by atoms with van der Waals surface area (Å²) in [5, 5.41) is 4.96. The summed E-state index contributed by atoms with van der Waals surface area (Å²) in [6.07, 6.45) is 0. The van der Waals surface area contributed by atoms with Crippen LogP contribution in [0.25, 0.3) is 71.6 Å². The number of rotatable bonds is 7. The number of hydrogen-bond acceptors (Lipinski definition) is 1. The van der Waals surface area contributed by atoms with Gasteiger partial charge in [-0.1, -0.05) is 163 Å². The van der Waals surface area contributed by atoms with Crippen LogP contribution in [0.1, 0.15) is 5.56 Å². The Bertz CT molecular complexity index is 2970. The highest BCUT2D eigenvalue weighted by Crippen LogP contribution is 2.41. The minimum atomic E-state index is 1.12. The Labute approximate surface area is 321 Å². The normalized spacial score (nSPS) is 11.4. The molecule has 55 heavy (non-hydrogen) atoms. The van der Waals surface area contributed by atoms with Crippen LogP contribution in [0.2, 0.25) is 0 Å². The van der Waals surface area contributed by atoms with E-state index in [1.807, 2.05) is 0 Å². The molecule has 0 spiro atoms. The first-order valence-electron chi connectivity index (χ1n) is 18.9. The zero-order chi connectivity index (χ0) is 36.7. The van der Waals surface area contributed by atoms with Crippen molar-refractivity contribution in [3.63, 3.8) is 0 Å². The van der Waals surface area contributed by atoms with Crippen molar-refractivity contribution in [1.29, 1.82) is 0 Å². The predicted octanol–water partition coefficient (Wildman–Crippen LogP) is 14.7. The summed E-state index contributed by atoms with van der Waals surface area (Å²) in [6.45, 7) is 2.14. The Hall–Kier alpha value is -7.16. The van der Waals surface area contributed by atoms with Crippen LogP contribution in [-0.2, 0) is 0 Å². The third-order valence-electron chi connectivity index (χ3n) is 10.8. The average molecular weight is 703 g/mol. The molecule has 0 saturated carbocycles. The lowest BCUT2D eigenvalue weighted by Crippen LogP contribution is -2.10. The largest absolute Gasteiger partial charge is 0.310 e. The maximum absolute atomic E-state index is 2.41. The minimum Gasteiger partial charge on any atom is -0.310 e. The van der Waals surface area contributed by atoms with Crippen LogP contribution in [0.5, 0.6) is 0 Å². The summed E-state index contributed by atoms with van der Waals surface area (Å²) in [5.41, 5.74) is 15.4. The highest BCUT2D eigenvalue weighted by molar-refractivity contribution is 6.10. The van der Waals surface area contributed by atoms with E-state index in [-0.39, 0.29) is 0 Å². The number of nitrogens with zero attached hydrogens (tertiary/aromatic N) is 2. The summed E-state index contributed by atoms with van der Waals surface area (Å²) in [4.78, 5) is 2.38. The second kappa shape index (κ2) is 13.7. The van der Waals surface area contributed by atoms with E-state index >= 15 is 0 Å². The fourth-order valence-corrected chi connectivity index (χ4v) is 8.09. The second-order valence-corrected chi connectivity index (χ2v) is 14.3. The molecule has 1 heterocycles. The standard InChI is InChI=1S/C53H38N2/c1-37-24-31-45(32-25-37)54(51-23-11-15-41-14-5-6-20-48(41)51)46-18-9-17-43(34-46)39-26-28-40(29-27-39)44-30-33-50-49-21-7-8-22-52(49)55(53(50)36-44)47-19-10-16-42(35-47)38-12-3-2-4-13-38/h2-36H,1H3. The van der Waals surface area contributed by atoms with Crippen molar-refractivity contribution >= 4 is 49.6 Å². The summed E-state index contributed by atoms with van der Waals surface area (Å²) < 4.78 is 2.41. The molecule has 1 aromatic heterocycles. The molecule has 0 amide bonds. The molecule has 10 rings (SSSR count). The van der Waals surface area contributed by atoms with Crippen molar-refractivity contribution in [2.75, 3.05) is 4.90 Å². The van der Waals surface area contributed by atoms with Gasteiger partial charge in [0.15, 0.2) is 0 Å². The molecule has 0 bridgehead atoms. The number of aromatic nitrogens is 1. The minimum absolute atomic E-state index is 1.12. The molecule has 0 aliphatic heterocycles. The van der Waals surface area contributed by atoms with Gasteiger partial charge in [0.25, 0.3) is 0 Å². The van der Waals surface area contributed by atoms with E-state index in [4.69, 9.17) is 0 Å². The van der Waals surface area contributed by atoms with Gasteiger partial charge in [-0.15, -0.1) is 0 Å². The van der Waals surface area contributed by atoms with E-state index in [9.17, 15) is 0 Å². The van der Waals surface area contributed by atoms with Crippen molar-refractivity contribution in [3.8, 4) is 39.1 Å². The smallest absolute Gasteiger partial charge is 0.0547 e. The van der Waals surface area contributed by atoms with Gasteiger partial charge in [-0.05, 0) is 100 Å². The Morgan fingerprint density at radius 1 is 0.345 bits per heavy atom. The Balaban J connectivity index is 1.03. The van der Waals surface area contributed by atoms with Gasteiger partial charge in [0.1, 0.15) is 0 Å². The monoisotopic (exact) mass is 702 g/mol. The van der Waals surface area contributed by atoms with E-state index in [1.54, 1.807) is 0 Å². The molecular formula is C53H38N2. The molecule has 9 aromatic carbocycles. The van der Waals surface area contributed by atoms with E-state index < -0.39 is 0 Å². The van der Waals surface area contributed by atoms with Gasteiger partial charge >= 0.3 is 0 Å². The molecular weight excluding hydrogens is 665 g/mol. The molecule has 260 valence electrons. The molecule has 10 aromatic rings. The molecule has 0 radical (unpaired) electrons. The Morgan fingerprint density at radius 3 is 1.71 bits per heavy atom. The van der Waals surface area contributed by atoms with Crippen LogP contribution < -0.4 is 4.90 Å². The van der Waals surface area contributed by atoms with E-state index in [1.165, 1.54) is 71.5 Å². The Morgan fingerprint density at radius 2 is 0.909 bits per heavy atom. The number of hydrogen-bond donors (Lipinski definition) is 0. The number of fused-ring (bicyclic) bond motifs is 4. The number of anilines is 3. The quantitative estimate of drug-likeness (QED) is 0.160. The van der Waals surface area contributed by atoms with Gasteiger partial charge in [0.05, 0.1) is 16.7 Å². The molecule has 0 saturated heterocycles. The fraction of sp³-hybridized carbons (Fsp3) is 0.0189. The second-order valence-electron chi connectivity index (χ2n) is 14.3. The van der Waals surface area contributed by atoms with Crippen molar-refractivity contribution in [1.82, 2.24) is 4.57 Å². The van der Waals surface area contributed by atoms with Gasteiger partial charge in [-0.3, -0.25) is 0 Å². The van der Waals surface area contributed by atoms with Crippen LogP contribution in [-0.4, -0.2) is 4.57 Å². The summed E-state index contributed by atoms with van der Waals surface area (Å²) >= 11 is 0. The lowest BCUT2D eigenvalue weighted by atomic mass is 9.98. The van der Waals surface area contributed by atoms with E-state index in [0.717, 1.165) is 22.7 Å². The van der Waals surface area contributed by atoms with Gasteiger partial charge in [0, 0.05) is 33.2 Å². The first-order valence-corrected chi connectivity index (χ1v) is 18.9.